The number of carbonyl (C=O) groups excluding carboxylic acids is 1. The minimum absolute atomic E-state index is 0.0732. The largest absolute Gasteiger partial charge is 0.494 e. The molecular weight excluding hydrogens is 384 g/mol. The summed E-state index contributed by atoms with van der Waals surface area (Å²) >= 11 is 0. The summed E-state index contributed by atoms with van der Waals surface area (Å²) < 4.78 is 11.6. The first kappa shape index (κ1) is 22.4. The van der Waals surface area contributed by atoms with Gasteiger partial charge >= 0.3 is 0 Å². The second-order valence-corrected chi connectivity index (χ2v) is 7.59. The molecule has 3 aromatic carbocycles. The molecule has 3 rings (SSSR count). The van der Waals surface area contributed by atoms with Crippen LogP contribution in [-0.4, -0.2) is 19.0 Å². The summed E-state index contributed by atoms with van der Waals surface area (Å²) in [7, 11) is 0. The number of hydrogen-bond acceptors (Lipinski definition) is 3. The van der Waals surface area contributed by atoms with E-state index in [2.05, 4.69) is 49.9 Å². The third-order valence-corrected chi connectivity index (χ3v) is 5.14. The van der Waals surface area contributed by atoms with Crippen molar-refractivity contribution in [1.29, 1.82) is 0 Å². The molecule has 0 atom stereocenters. The molecule has 0 saturated heterocycles. The molecule has 3 nitrogen and oxygen atoms in total. The van der Waals surface area contributed by atoms with Gasteiger partial charge < -0.3 is 9.47 Å². The van der Waals surface area contributed by atoms with Gasteiger partial charge in [-0.2, -0.15) is 0 Å². The van der Waals surface area contributed by atoms with Gasteiger partial charge in [0.15, 0.2) is 5.78 Å². The Hall–Kier alpha value is -3.33. The zero-order chi connectivity index (χ0) is 21.9. The summed E-state index contributed by atoms with van der Waals surface area (Å²) in [5, 5.41) is 0. The lowest BCUT2D eigenvalue weighted by Crippen LogP contribution is -2.00. The molecule has 0 unspecified atom stereocenters. The molecule has 0 saturated carbocycles. The van der Waals surface area contributed by atoms with Crippen LogP contribution in [0.15, 0.2) is 85.5 Å². The molecule has 0 bridgehead atoms. The normalized spacial score (nSPS) is 10.5. The van der Waals surface area contributed by atoms with Crippen molar-refractivity contribution in [2.45, 2.75) is 32.6 Å². The van der Waals surface area contributed by atoms with Crippen LogP contribution in [-0.2, 0) is 0 Å². The van der Waals surface area contributed by atoms with Crippen LogP contribution < -0.4 is 9.47 Å². The molecule has 0 amide bonds. The van der Waals surface area contributed by atoms with Gasteiger partial charge in [-0.15, -0.1) is 0 Å². The zero-order valence-corrected chi connectivity index (χ0v) is 18.2. The van der Waals surface area contributed by atoms with Crippen molar-refractivity contribution in [3.05, 3.63) is 96.6 Å². The first-order chi connectivity index (χ1) is 15.2. The van der Waals surface area contributed by atoms with Crippen LogP contribution in [0.4, 0.5) is 0 Å². The molecule has 0 spiro atoms. The minimum Gasteiger partial charge on any atom is -0.494 e. The smallest absolute Gasteiger partial charge is 0.185 e. The fourth-order valence-electron chi connectivity index (χ4n) is 3.26. The van der Waals surface area contributed by atoms with E-state index in [-0.39, 0.29) is 5.78 Å². The lowest BCUT2D eigenvalue weighted by atomic mass is 10.0. The lowest BCUT2D eigenvalue weighted by Gasteiger charge is -2.08. The minimum atomic E-state index is -0.0732. The van der Waals surface area contributed by atoms with E-state index in [9.17, 15) is 4.79 Å². The van der Waals surface area contributed by atoms with E-state index in [1.807, 2.05) is 24.3 Å². The SMILES string of the molecule is C=CC(=O)c1ccc(OCCCCCCOc2ccc(-c3ccc(C)cc3)cc2)cc1. The molecule has 3 aromatic rings. The first-order valence-electron chi connectivity index (χ1n) is 10.9. The summed E-state index contributed by atoms with van der Waals surface area (Å²) in [6.45, 7) is 7.00. The summed E-state index contributed by atoms with van der Waals surface area (Å²) in [5.41, 5.74) is 4.33. The third-order valence-electron chi connectivity index (χ3n) is 5.14. The van der Waals surface area contributed by atoms with Crippen molar-refractivity contribution >= 4 is 5.78 Å². The predicted octanol–water partition coefficient (Wildman–Crippen LogP) is 7.05. The van der Waals surface area contributed by atoms with Crippen molar-refractivity contribution in [2.24, 2.45) is 0 Å². The highest BCUT2D eigenvalue weighted by atomic mass is 16.5. The van der Waals surface area contributed by atoms with E-state index < -0.39 is 0 Å². The summed E-state index contributed by atoms with van der Waals surface area (Å²) in [4.78, 5) is 11.5. The van der Waals surface area contributed by atoms with E-state index in [0.717, 1.165) is 43.8 Å². The number of carbonyl (C=O) groups is 1. The molecule has 31 heavy (non-hydrogen) atoms. The van der Waals surface area contributed by atoms with Crippen molar-refractivity contribution < 1.29 is 14.3 Å². The number of ether oxygens (including phenoxy) is 2. The van der Waals surface area contributed by atoms with E-state index in [4.69, 9.17) is 9.47 Å². The number of aryl methyl sites for hydroxylation is 1. The predicted molar refractivity (Wildman–Crippen MR) is 127 cm³/mol. The maximum Gasteiger partial charge on any atom is 0.185 e. The van der Waals surface area contributed by atoms with Gasteiger partial charge in [-0.3, -0.25) is 4.79 Å². The van der Waals surface area contributed by atoms with Crippen LogP contribution in [0.3, 0.4) is 0 Å². The molecule has 0 aliphatic carbocycles. The van der Waals surface area contributed by atoms with Gasteiger partial charge in [-0.05, 0) is 86.2 Å². The third kappa shape index (κ3) is 7.14. The quantitative estimate of drug-likeness (QED) is 0.181. The summed E-state index contributed by atoms with van der Waals surface area (Å²) in [5.74, 6) is 1.63. The Morgan fingerprint density at radius 1 is 0.710 bits per heavy atom. The average Bonchev–Trinajstić information content (AvgIpc) is 2.81. The topological polar surface area (TPSA) is 35.5 Å². The summed E-state index contributed by atoms with van der Waals surface area (Å²) in [6.07, 6.45) is 5.55. The van der Waals surface area contributed by atoms with Crippen LogP contribution in [0, 0.1) is 6.92 Å². The Labute approximate surface area is 185 Å². The highest BCUT2D eigenvalue weighted by Crippen LogP contribution is 2.23. The Morgan fingerprint density at radius 3 is 1.65 bits per heavy atom. The van der Waals surface area contributed by atoms with Crippen LogP contribution >= 0.6 is 0 Å². The van der Waals surface area contributed by atoms with Crippen molar-refractivity contribution in [3.8, 4) is 22.6 Å². The highest BCUT2D eigenvalue weighted by Gasteiger charge is 2.02. The molecule has 0 heterocycles. The molecule has 0 aliphatic heterocycles. The first-order valence-corrected chi connectivity index (χ1v) is 10.9. The number of rotatable bonds is 12. The Morgan fingerprint density at radius 2 is 1.16 bits per heavy atom. The summed E-state index contributed by atoms with van der Waals surface area (Å²) in [6, 6.07) is 24.0. The molecule has 0 aliphatic rings. The van der Waals surface area contributed by atoms with E-state index in [0.29, 0.717) is 12.2 Å². The number of ketones is 1. The van der Waals surface area contributed by atoms with E-state index in [1.165, 1.54) is 22.8 Å². The van der Waals surface area contributed by atoms with Crippen molar-refractivity contribution in [1.82, 2.24) is 0 Å². The highest BCUT2D eigenvalue weighted by molar-refractivity contribution is 6.04. The molecule has 0 N–H and O–H groups in total. The number of benzene rings is 3. The Balaban J connectivity index is 1.27. The van der Waals surface area contributed by atoms with Gasteiger partial charge in [0, 0.05) is 5.56 Å². The second-order valence-electron chi connectivity index (χ2n) is 7.59. The van der Waals surface area contributed by atoms with Gasteiger partial charge in [0.05, 0.1) is 13.2 Å². The fourth-order valence-corrected chi connectivity index (χ4v) is 3.26. The van der Waals surface area contributed by atoms with Gasteiger partial charge in [-0.1, -0.05) is 48.5 Å². The van der Waals surface area contributed by atoms with Crippen LogP contribution in [0.5, 0.6) is 11.5 Å². The maximum absolute atomic E-state index is 11.5. The van der Waals surface area contributed by atoms with Gasteiger partial charge in [0.1, 0.15) is 11.5 Å². The van der Waals surface area contributed by atoms with E-state index in [1.54, 1.807) is 12.1 Å². The monoisotopic (exact) mass is 414 g/mol. The van der Waals surface area contributed by atoms with Crippen LogP contribution in [0.2, 0.25) is 0 Å². The van der Waals surface area contributed by atoms with Crippen LogP contribution in [0.25, 0.3) is 11.1 Å². The standard InChI is InChI=1S/C28H30O3/c1-3-28(29)25-14-18-27(19-15-25)31-21-7-5-4-6-20-30-26-16-12-24(13-17-26)23-10-8-22(2)9-11-23/h3,8-19H,1,4-7,20-21H2,2H3. The molecule has 0 aromatic heterocycles. The second kappa shape index (κ2) is 11.8. The number of allylic oxidation sites excluding steroid dienone is 1. The molecule has 0 radical (unpaired) electrons. The molecular formula is C28H30O3. The number of unbranched alkanes of at least 4 members (excludes halogenated alkanes) is 3. The van der Waals surface area contributed by atoms with Gasteiger partial charge in [-0.25, -0.2) is 0 Å². The maximum atomic E-state index is 11.5. The lowest BCUT2D eigenvalue weighted by molar-refractivity contribution is 0.104. The van der Waals surface area contributed by atoms with Crippen LogP contribution in [0.1, 0.15) is 41.6 Å². The van der Waals surface area contributed by atoms with Gasteiger partial charge in [0.2, 0.25) is 0 Å². The average molecular weight is 415 g/mol. The van der Waals surface area contributed by atoms with Gasteiger partial charge in [0.25, 0.3) is 0 Å². The molecule has 160 valence electrons. The Bertz CT molecular complexity index is 955. The van der Waals surface area contributed by atoms with Crippen molar-refractivity contribution in [3.63, 3.8) is 0 Å². The fraction of sp³-hybridized carbons (Fsp3) is 0.250. The Kier molecular flexibility index (Phi) is 8.48. The molecule has 3 heteroatoms. The van der Waals surface area contributed by atoms with E-state index >= 15 is 0 Å². The van der Waals surface area contributed by atoms with Crippen molar-refractivity contribution in [2.75, 3.05) is 13.2 Å². The molecule has 0 fully saturated rings. The zero-order valence-electron chi connectivity index (χ0n) is 18.2. The number of hydrogen-bond donors (Lipinski definition) is 0.